The van der Waals surface area contributed by atoms with E-state index >= 15 is 0 Å². The summed E-state index contributed by atoms with van der Waals surface area (Å²) < 4.78 is 0. The summed E-state index contributed by atoms with van der Waals surface area (Å²) in [5.41, 5.74) is 7.60. The Labute approximate surface area is 139 Å². The molecule has 21 heavy (non-hydrogen) atoms. The molecule has 1 atom stereocenters. The van der Waals surface area contributed by atoms with E-state index in [1.54, 1.807) is 24.5 Å². The molecule has 1 aliphatic carbocycles. The summed E-state index contributed by atoms with van der Waals surface area (Å²) in [6.07, 6.45) is 5.92. The molecule has 2 aromatic heterocycles. The Morgan fingerprint density at radius 1 is 1.33 bits per heavy atom. The highest BCUT2D eigenvalue weighted by molar-refractivity contribution is 7.15. The van der Waals surface area contributed by atoms with Gasteiger partial charge >= 0.3 is 0 Å². The molecular weight excluding hydrogens is 331 g/mol. The van der Waals surface area contributed by atoms with Crippen molar-refractivity contribution < 1.29 is 4.79 Å². The second-order valence-electron chi connectivity index (χ2n) is 4.58. The van der Waals surface area contributed by atoms with Gasteiger partial charge in [0, 0.05) is 28.9 Å². The molecule has 0 spiro atoms. The predicted molar refractivity (Wildman–Crippen MR) is 88.8 cm³/mol. The van der Waals surface area contributed by atoms with Gasteiger partial charge < -0.3 is 5.73 Å². The minimum atomic E-state index is -0.155. The third kappa shape index (κ3) is 4.14. The molecule has 3 rings (SSSR count). The van der Waals surface area contributed by atoms with Crippen LogP contribution in [0.3, 0.4) is 0 Å². The van der Waals surface area contributed by atoms with Crippen molar-refractivity contribution in [1.29, 1.82) is 0 Å². The molecule has 0 radical (unpaired) electrons. The zero-order valence-corrected chi connectivity index (χ0v) is 13.6. The minimum absolute atomic E-state index is 0. The lowest BCUT2D eigenvalue weighted by Gasteiger charge is -2.15. The smallest absolute Gasteiger partial charge is 0.257 e. The van der Waals surface area contributed by atoms with Crippen LogP contribution in [0.5, 0.6) is 0 Å². The molecule has 0 unspecified atom stereocenters. The average Bonchev–Trinajstić information content (AvgIpc) is 2.81. The van der Waals surface area contributed by atoms with E-state index in [4.69, 9.17) is 5.73 Å². The van der Waals surface area contributed by atoms with Crippen molar-refractivity contribution in [2.24, 2.45) is 5.73 Å². The van der Waals surface area contributed by atoms with Crippen LogP contribution in [0.15, 0.2) is 24.5 Å². The lowest BCUT2D eigenvalue weighted by Crippen LogP contribution is -2.27. The third-order valence-electron chi connectivity index (χ3n) is 3.14. The second-order valence-corrected chi connectivity index (χ2v) is 5.67. The van der Waals surface area contributed by atoms with Gasteiger partial charge in [-0.1, -0.05) is 0 Å². The zero-order chi connectivity index (χ0) is 13.2. The fourth-order valence-electron chi connectivity index (χ4n) is 2.13. The number of thiazole rings is 1. The topological polar surface area (TPSA) is 80.9 Å². The average molecular weight is 347 g/mol. The summed E-state index contributed by atoms with van der Waals surface area (Å²) in [7, 11) is 0. The van der Waals surface area contributed by atoms with Crippen molar-refractivity contribution in [2.45, 2.75) is 25.3 Å². The summed E-state index contributed by atoms with van der Waals surface area (Å²) in [4.78, 5) is 21.5. The Bertz CT molecular complexity index is 605. The van der Waals surface area contributed by atoms with Gasteiger partial charge in [-0.15, -0.1) is 36.2 Å². The molecule has 5 nitrogen and oxygen atoms in total. The number of rotatable bonds is 2. The number of nitrogens with two attached hydrogens (primary N) is 1. The van der Waals surface area contributed by atoms with Crippen molar-refractivity contribution in [2.75, 3.05) is 5.32 Å². The van der Waals surface area contributed by atoms with E-state index in [-0.39, 0.29) is 36.8 Å². The van der Waals surface area contributed by atoms with Crippen LogP contribution in [-0.4, -0.2) is 21.9 Å². The Morgan fingerprint density at radius 2 is 2.05 bits per heavy atom. The molecule has 114 valence electrons. The number of nitrogens with zero attached hydrogens (tertiary/aromatic N) is 2. The lowest BCUT2D eigenvalue weighted by atomic mass is 9.99. The highest BCUT2D eigenvalue weighted by Gasteiger charge is 2.20. The lowest BCUT2D eigenvalue weighted by molar-refractivity contribution is 0.102. The molecule has 0 saturated heterocycles. The number of hydrogen-bond donors (Lipinski definition) is 2. The van der Waals surface area contributed by atoms with Crippen molar-refractivity contribution in [3.63, 3.8) is 0 Å². The van der Waals surface area contributed by atoms with E-state index in [0.717, 1.165) is 25.0 Å². The molecule has 0 bridgehead atoms. The van der Waals surface area contributed by atoms with Crippen molar-refractivity contribution >= 4 is 47.2 Å². The second kappa shape index (κ2) is 7.70. The van der Waals surface area contributed by atoms with E-state index in [9.17, 15) is 4.79 Å². The molecule has 2 heterocycles. The number of nitrogens with one attached hydrogen (secondary N) is 1. The summed E-state index contributed by atoms with van der Waals surface area (Å²) in [5.74, 6) is -0.155. The number of aromatic nitrogens is 2. The maximum absolute atomic E-state index is 12.0. The van der Waals surface area contributed by atoms with E-state index < -0.39 is 0 Å². The number of pyridine rings is 1. The van der Waals surface area contributed by atoms with Gasteiger partial charge in [-0.25, -0.2) is 4.98 Å². The first-order valence-electron chi connectivity index (χ1n) is 6.18. The van der Waals surface area contributed by atoms with E-state index in [1.807, 2.05) is 0 Å². The Balaban J connectivity index is 0.00000110. The molecule has 1 aliphatic rings. The highest BCUT2D eigenvalue weighted by Crippen LogP contribution is 2.29. The van der Waals surface area contributed by atoms with Crippen molar-refractivity contribution in [3.8, 4) is 0 Å². The molecular formula is C13H16Cl2N4OS. The first kappa shape index (κ1) is 17.8. The summed E-state index contributed by atoms with van der Waals surface area (Å²) in [6, 6.07) is 3.58. The van der Waals surface area contributed by atoms with Crippen LogP contribution in [0, 0.1) is 0 Å². The van der Waals surface area contributed by atoms with E-state index in [2.05, 4.69) is 15.3 Å². The van der Waals surface area contributed by atoms with Gasteiger partial charge in [0.05, 0.1) is 5.69 Å². The Morgan fingerprint density at radius 3 is 2.76 bits per heavy atom. The Kier molecular flexibility index (Phi) is 6.54. The number of halogens is 2. The normalized spacial score (nSPS) is 16.1. The first-order chi connectivity index (χ1) is 9.22. The minimum Gasteiger partial charge on any atom is -0.327 e. The van der Waals surface area contributed by atoms with E-state index in [0.29, 0.717) is 10.7 Å². The number of anilines is 1. The molecule has 0 fully saturated rings. The maximum atomic E-state index is 12.0. The number of aryl methyl sites for hydroxylation is 1. The quantitative estimate of drug-likeness (QED) is 0.874. The molecule has 3 N–H and O–H groups in total. The van der Waals surface area contributed by atoms with Gasteiger partial charge in [-0.05, 0) is 31.4 Å². The van der Waals surface area contributed by atoms with Crippen LogP contribution in [0.4, 0.5) is 5.13 Å². The highest BCUT2D eigenvalue weighted by atomic mass is 35.5. The molecule has 0 aliphatic heterocycles. The number of fused-ring (bicyclic) bond motifs is 1. The van der Waals surface area contributed by atoms with Gasteiger partial charge in [0.2, 0.25) is 0 Å². The van der Waals surface area contributed by atoms with Crippen molar-refractivity contribution in [3.05, 3.63) is 40.7 Å². The molecule has 2 aromatic rings. The van der Waals surface area contributed by atoms with E-state index in [1.165, 1.54) is 16.2 Å². The monoisotopic (exact) mass is 346 g/mol. The van der Waals surface area contributed by atoms with Crippen LogP contribution in [0.25, 0.3) is 0 Å². The van der Waals surface area contributed by atoms with Gasteiger partial charge in [0.25, 0.3) is 5.91 Å². The van der Waals surface area contributed by atoms with Crippen LogP contribution in [0.2, 0.25) is 0 Å². The van der Waals surface area contributed by atoms with Crippen LogP contribution < -0.4 is 11.1 Å². The molecule has 0 aromatic carbocycles. The van der Waals surface area contributed by atoms with Crippen LogP contribution in [0.1, 0.15) is 27.3 Å². The fraction of sp³-hybridized carbons (Fsp3) is 0.308. The summed E-state index contributed by atoms with van der Waals surface area (Å²) in [5, 5.41) is 3.48. The fourth-order valence-corrected chi connectivity index (χ4v) is 3.22. The zero-order valence-electron chi connectivity index (χ0n) is 11.1. The number of carbonyl (C=O) groups excluding carboxylic acids is 1. The molecule has 8 heteroatoms. The SMILES string of the molecule is Cl.Cl.N[C@H]1CCc2nc(NC(=O)c3ccncc3)sc2C1. The van der Waals surface area contributed by atoms with Crippen LogP contribution in [-0.2, 0) is 12.8 Å². The first-order valence-corrected chi connectivity index (χ1v) is 6.99. The summed E-state index contributed by atoms with van der Waals surface area (Å²) >= 11 is 1.52. The summed E-state index contributed by atoms with van der Waals surface area (Å²) in [6.45, 7) is 0. The van der Waals surface area contributed by atoms with Crippen molar-refractivity contribution in [1.82, 2.24) is 9.97 Å². The third-order valence-corrected chi connectivity index (χ3v) is 4.18. The van der Waals surface area contributed by atoms with Crippen LogP contribution >= 0.6 is 36.2 Å². The Hall–Kier alpha value is -1.21. The predicted octanol–water partition coefficient (Wildman–Crippen LogP) is 2.45. The largest absolute Gasteiger partial charge is 0.327 e. The number of hydrogen-bond acceptors (Lipinski definition) is 5. The standard InChI is InChI=1S/C13H14N4OS.2ClH/c14-9-1-2-10-11(7-9)19-13(16-10)17-12(18)8-3-5-15-6-4-8;;/h3-6,9H,1-2,7,14H2,(H,16,17,18);2*1H/t9-;;/m0../s1. The maximum Gasteiger partial charge on any atom is 0.257 e. The van der Waals surface area contributed by atoms with Gasteiger partial charge in [0.1, 0.15) is 0 Å². The molecule has 0 saturated carbocycles. The van der Waals surface area contributed by atoms with Gasteiger partial charge in [-0.3, -0.25) is 15.1 Å². The number of amides is 1. The van der Waals surface area contributed by atoms with Gasteiger partial charge in [-0.2, -0.15) is 0 Å². The van der Waals surface area contributed by atoms with Gasteiger partial charge in [0.15, 0.2) is 5.13 Å². The molecule has 1 amide bonds. The number of carbonyl (C=O) groups is 1.